The van der Waals surface area contributed by atoms with E-state index in [2.05, 4.69) is 9.97 Å². The lowest BCUT2D eigenvalue weighted by Crippen LogP contribution is -2.09. The second-order valence-electron chi connectivity index (χ2n) is 6.84. The number of aryl methyl sites for hydroxylation is 1. The predicted octanol–water partition coefficient (Wildman–Crippen LogP) is 4.65. The number of benzene rings is 1. The van der Waals surface area contributed by atoms with Crippen LogP contribution in [0.3, 0.4) is 0 Å². The van der Waals surface area contributed by atoms with Crippen molar-refractivity contribution in [2.45, 2.75) is 6.92 Å². The number of ether oxygens (including phenoxy) is 2. The van der Waals surface area contributed by atoms with E-state index in [4.69, 9.17) is 9.47 Å². The van der Waals surface area contributed by atoms with Crippen molar-refractivity contribution >= 4 is 17.5 Å². The lowest BCUT2D eigenvalue weighted by molar-refractivity contribution is 0.0689. The van der Waals surface area contributed by atoms with E-state index >= 15 is 0 Å². The van der Waals surface area contributed by atoms with Gasteiger partial charge in [0.1, 0.15) is 0 Å². The molecular weight excluding hydrogens is 378 g/mol. The molecule has 0 fully saturated rings. The molecule has 0 spiro atoms. The summed E-state index contributed by atoms with van der Waals surface area (Å²) in [5.41, 5.74) is 2.99. The standard InChI is InChI=1S/C24H17N3O3/c1-16-6-8-17(9-7-16)21-22(30-24(28)18-10-13-25-14-11-18)19-4-3-15-27(19)23-20(29-21)5-2-12-26-23/h2-15H,1H3. The van der Waals surface area contributed by atoms with Gasteiger partial charge in [0.15, 0.2) is 23.1 Å². The fourth-order valence-electron chi connectivity index (χ4n) is 3.30. The first-order valence-electron chi connectivity index (χ1n) is 9.45. The number of carbonyl (C=O) groups excluding carboxylic acids is 1. The van der Waals surface area contributed by atoms with Crippen molar-refractivity contribution < 1.29 is 14.3 Å². The lowest BCUT2D eigenvalue weighted by atomic mass is 10.1. The third-order valence-corrected chi connectivity index (χ3v) is 4.80. The zero-order valence-corrected chi connectivity index (χ0v) is 16.1. The summed E-state index contributed by atoms with van der Waals surface area (Å²) in [7, 11) is 0. The zero-order valence-electron chi connectivity index (χ0n) is 16.1. The molecule has 6 heteroatoms. The van der Waals surface area contributed by atoms with E-state index in [-0.39, 0.29) is 0 Å². The lowest BCUT2D eigenvalue weighted by Gasteiger charge is -2.14. The van der Waals surface area contributed by atoms with Crippen molar-refractivity contribution in [2.75, 3.05) is 0 Å². The number of aromatic nitrogens is 3. The Morgan fingerprint density at radius 2 is 1.77 bits per heavy atom. The van der Waals surface area contributed by atoms with Crippen LogP contribution in [0.15, 0.2) is 85.5 Å². The summed E-state index contributed by atoms with van der Waals surface area (Å²) in [5.74, 6) is 1.47. The van der Waals surface area contributed by atoms with Crippen LogP contribution in [0.4, 0.5) is 0 Å². The summed E-state index contributed by atoms with van der Waals surface area (Å²) in [6.07, 6.45) is 6.67. The van der Waals surface area contributed by atoms with Crippen LogP contribution in [0.2, 0.25) is 0 Å². The molecule has 0 bridgehead atoms. The van der Waals surface area contributed by atoms with Crippen LogP contribution in [0.5, 0.6) is 5.75 Å². The Morgan fingerprint density at radius 1 is 0.967 bits per heavy atom. The average molecular weight is 395 g/mol. The van der Waals surface area contributed by atoms with Gasteiger partial charge in [0.05, 0.1) is 11.3 Å². The van der Waals surface area contributed by atoms with Crippen molar-refractivity contribution in [3.05, 3.63) is 108 Å². The first-order chi connectivity index (χ1) is 14.7. The molecule has 1 aromatic carbocycles. The van der Waals surface area contributed by atoms with Gasteiger partial charge in [-0.05, 0) is 43.3 Å². The molecule has 0 amide bonds. The van der Waals surface area contributed by atoms with E-state index < -0.39 is 5.97 Å². The maximum absolute atomic E-state index is 12.9. The van der Waals surface area contributed by atoms with E-state index in [0.29, 0.717) is 34.3 Å². The number of carbonyl (C=O) groups is 1. The van der Waals surface area contributed by atoms with Crippen LogP contribution in [-0.2, 0) is 4.74 Å². The maximum atomic E-state index is 12.9. The van der Waals surface area contributed by atoms with Crippen LogP contribution < -0.4 is 4.74 Å². The molecule has 0 atom stereocenters. The fourth-order valence-corrected chi connectivity index (χ4v) is 3.30. The molecule has 30 heavy (non-hydrogen) atoms. The number of hydrogen-bond acceptors (Lipinski definition) is 5. The number of pyridine rings is 2. The van der Waals surface area contributed by atoms with Gasteiger partial charge in [-0.3, -0.25) is 9.55 Å². The van der Waals surface area contributed by atoms with Crippen molar-refractivity contribution in [3.63, 3.8) is 0 Å². The smallest absolute Gasteiger partial charge is 0.343 e. The highest BCUT2D eigenvalue weighted by atomic mass is 16.6. The van der Waals surface area contributed by atoms with E-state index in [1.165, 1.54) is 0 Å². The van der Waals surface area contributed by atoms with E-state index in [1.807, 2.05) is 66.2 Å². The van der Waals surface area contributed by atoms with Gasteiger partial charge in [-0.25, -0.2) is 9.78 Å². The molecular formula is C24H17N3O3. The van der Waals surface area contributed by atoms with Gasteiger partial charge in [0.2, 0.25) is 0 Å². The molecule has 1 aliphatic rings. The highest BCUT2D eigenvalue weighted by Crippen LogP contribution is 2.38. The van der Waals surface area contributed by atoms with E-state index in [9.17, 15) is 4.79 Å². The molecule has 146 valence electrons. The fraction of sp³-hybridized carbons (Fsp3) is 0.0417. The summed E-state index contributed by atoms with van der Waals surface area (Å²) in [6, 6.07) is 18.5. The molecule has 0 radical (unpaired) electrons. The van der Waals surface area contributed by atoms with Crippen molar-refractivity contribution in [2.24, 2.45) is 0 Å². The maximum Gasteiger partial charge on any atom is 0.343 e. The Hall–Kier alpha value is -4.19. The van der Waals surface area contributed by atoms with Gasteiger partial charge in [-0.1, -0.05) is 29.8 Å². The molecule has 4 heterocycles. The first kappa shape index (κ1) is 17.9. The zero-order chi connectivity index (χ0) is 20.5. The monoisotopic (exact) mass is 395 g/mol. The normalized spacial score (nSPS) is 12.4. The van der Waals surface area contributed by atoms with Crippen LogP contribution >= 0.6 is 0 Å². The minimum Gasteiger partial charge on any atom is -0.449 e. The Kier molecular flexibility index (Phi) is 4.37. The highest BCUT2D eigenvalue weighted by Gasteiger charge is 2.28. The molecule has 4 aromatic rings. The third-order valence-electron chi connectivity index (χ3n) is 4.80. The van der Waals surface area contributed by atoms with E-state index in [0.717, 1.165) is 11.1 Å². The van der Waals surface area contributed by atoms with E-state index in [1.54, 1.807) is 30.7 Å². The number of hydrogen-bond donors (Lipinski definition) is 0. The molecule has 5 rings (SSSR count). The van der Waals surface area contributed by atoms with Gasteiger partial charge in [0, 0.05) is 30.4 Å². The van der Waals surface area contributed by atoms with Gasteiger partial charge < -0.3 is 9.47 Å². The number of fused-ring (bicyclic) bond motifs is 3. The third kappa shape index (κ3) is 3.14. The summed E-state index contributed by atoms with van der Waals surface area (Å²) < 4.78 is 14.0. The Balaban J connectivity index is 1.71. The van der Waals surface area contributed by atoms with Crippen molar-refractivity contribution in [1.82, 2.24) is 14.5 Å². The molecule has 0 N–H and O–H groups in total. The van der Waals surface area contributed by atoms with Gasteiger partial charge in [-0.15, -0.1) is 0 Å². The molecule has 3 aromatic heterocycles. The second kappa shape index (κ2) is 7.33. The van der Waals surface area contributed by atoms with Crippen LogP contribution in [-0.4, -0.2) is 20.5 Å². The van der Waals surface area contributed by atoms with Gasteiger partial charge >= 0.3 is 5.97 Å². The minimum absolute atomic E-state index is 0.323. The molecule has 0 saturated carbocycles. The summed E-state index contributed by atoms with van der Waals surface area (Å²) in [6.45, 7) is 2.01. The largest absolute Gasteiger partial charge is 0.449 e. The Morgan fingerprint density at radius 3 is 2.57 bits per heavy atom. The van der Waals surface area contributed by atoms with Crippen molar-refractivity contribution in [1.29, 1.82) is 0 Å². The Labute approximate surface area is 173 Å². The van der Waals surface area contributed by atoms with Crippen LogP contribution in [0.1, 0.15) is 27.2 Å². The average Bonchev–Trinajstić information content (AvgIpc) is 3.22. The molecule has 6 nitrogen and oxygen atoms in total. The van der Waals surface area contributed by atoms with Gasteiger partial charge in [-0.2, -0.15) is 0 Å². The quantitative estimate of drug-likeness (QED) is 0.473. The molecule has 0 saturated heterocycles. The van der Waals surface area contributed by atoms with Crippen LogP contribution in [0.25, 0.3) is 17.3 Å². The topological polar surface area (TPSA) is 66.2 Å². The first-order valence-corrected chi connectivity index (χ1v) is 9.45. The van der Waals surface area contributed by atoms with Crippen molar-refractivity contribution in [3.8, 4) is 11.6 Å². The summed E-state index contributed by atoms with van der Waals surface area (Å²) in [4.78, 5) is 21.3. The molecule has 0 unspecified atom stereocenters. The second-order valence-corrected chi connectivity index (χ2v) is 6.84. The number of rotatable bonds is 3. The highest BCUT2D eigenvalue weighted by molar-refractivity contribution is 5.97. The predicted molar refractivity (Wildman–Crippen MR) is 112 cm³/mol. The summed E-state index contributed by atoms with van der Waals surface area (Å²) in [5, 5.41) is 0. The number of esters is 1. The SMILES string of the molecule is Cc1ccc(C2=C(OC(=O)c3ccncc3)c3cccn3-c3ncccc3O2)cc1. The minimum atomic E-state index is -0.493. The van der Waals surface area contributed by atoms with Gasteiger partial charge in [0.25, 0.3) is 0 Å². The molecule has 0 aliphatic carbocycles. The molecule has 1 aliphatic heterocycles. The number of nitrogens with zero attached hydrogens (tertiary/aromatic N) is 3. The summed E-state index contributed by atoms with van der Waals surface area (Å²) >= 11 is 0. The van der Waals surface area contributed by atoms with Crippen LogP contribution in [0, 0.1) is 6.92 Å². The Bertz CT molecular complexity index is 1260.